The molecule has 0 heterocycles. The summed E-state index contributed by atoms with van der Waals surface area (Å²) in [4.78, 5) is 0. The largest absolute Gasteiger partial charge is 0.379 e. The van der Waals surface area contributed by atoms with Crippen molar-refractivity contribution in [1.82, 2.24) is 10.6 Å². The molecule has 0 aromatic rings. The number of rotatable bonds is 11. The predicted molar refractivity (Wildman–Crippen MR) is 112 cm³/mol. The lowest BCUT2D eigenvalue weighted by Gasteiger charge is -2.40. The quantitative estimate of drug-likeness (QED) is 0.305. The van der Waals surface area contributed by atoms with Crippen molar-refractivity contribution in [3.8, 4) is 0 Å². The molecule has 32 heavy (non-hydrogen) atoms. The summed E-state index contributed by atoms with van der Waals surface area (Å²) in [5.41, 5.74) is -2.99. The van der Waals surface area contributed by atoms with Gasteiger partial charge in [-0.25, -0.2) is 0 Å². The van der Waals surface area contributed by atoms with E-state index in [0.717, 1.165) is 0 Å². The minimum absolute atomic E-state index is 0.251. The molecule has 0 fully saturated rings. The van der Waals surface area contributed by atoms with Gasteiger partial charge in [-0.3, -0.25) is 0 Å². The van der Waals surface area contributed by atoms with Gasteiger partial charge >= 0.3 is 23.7 Å². The second kappa shape index (κ2) is 9.19. The highest BCUT2D eigenvalue weighted by molar-refractivity contribution is 5.06. The zero-order valence-corrected chi connectivity index (χ0v) is 20.9. The Balaban J connectivity index is 5.57. The summed E-state index contributed by atoms with van der Waals surface area (Å²) in [6.07, 6.45) is 0.502. The molecule has 0 saturated carbocycles. The molecule has 10 heteroatoms. The summed E-state index contributed by atoms with van der Waals surface area (Å²) in [7, 11) is 0. The Labute approximate surface area is 187 Å². The van der Waals surface area contributed by atoms with Crippen LogP contribution < -0.4 is 10.6 Å². The van der Waals surface area contributed by atoms with E-state index in [0.29, 0.717) is 0 Å². The summed E-state index contributed by atoms with van der Waals surface area (Å²) in [6.45, 7) is 12.7. The van der Waals surface area contributed by atoms with Gasteiger partial charge in [-0.15, -0.1) is 0 Å². The Bertz CT molecular complexity index is 560. The van der Waals surface area contributed by atoms with Crippen LogP contribution in [0.5, 0.6) is 0 Å². The van der Waals surface area contributed by atoms with Gasteiger partial charge in [0.05, 0.1) is 13.1 Å². The molecule has 0 amide bonds. The first kappa shape index (κ1) is 31.4. The number of hydrogen-bond acceptors (Lipinski definition) is 2. The molecule has 0 spiro atoms. The van der Waals surface area contributed by atoms with Crippen molar-refractivity contribution in [1.29, 1.82) is 0 Å². The molecule has 0 rings (SSSR count). The van der Waals surface area contributed by atoms with Crippen molar-refractivity contribution in [3.05, 3.63) is 0 Å². The maximum absolute atomic E-state index is 14.2. The highest BCUT2D eigenvalue weighted by atomic mass is 19.4. The van der Waals surface area contributed by atoms with E-state index in [1.807, 2.05) is 0 Å². The average Bonchev–Trinajstić information content (AvgIpc) is 2.46. The van der Waals surface area contributed by atoms with Crippen LogP contribution in [-0.2, 0) is 0 Å². The van der Waals surface area contributed by atoms with Crippen molar-refractivity contribution < 1.29 is 35.1 Å². The van der Waals surface area contributed by atoms with Gasteiger partial charge in [-0.05, 0) is 51.4 Å². The molecule has 194 valence electrons. The molecule has 0 radical (unpaired) electrons. The van der Waals surface area contributed by atoms with E-state index >= 15 is 0 Å². The Morgan fingerprint density at radius 1 is 0.438 bits per heavy atom. The number of hydrogen-bond donors (Lipinski definition) is 2. The second-order valence-electron chi connectivity index (χ2n) is 12.5. The monoisotopic (exact) mass is 484 g/mol. The third-order valence-corrected chi connectivity index (χ3v) is 4.84. The molecule has 0 aliphatic carbocycles. The Kier molecular flexibility index (Phi) is 9.01. The first-order valence-corrected chi connectivity index (χ1v) is 10.6. The summed E-state index contributed by atoms with van der Waals surface area (Å²) in [6, 6.07) is 0. The van der Waals surface area contributed by atoms with Gasteiger partial charge in [-0.1, -0.05) is 41.5 Å². The SMILES string of the molecule is CC(C)(C)CC(C)(C)NCC(F)(F)C(F)(F)C(F)(F)C(F)(F)CNC(C)(C)CC(C)(C)C. The summed E-state index contributed by atoms with van der Waals surface area (Å²) in [5.74, 6) is -23.4. The molecule has 0 aromatic heterocycles. The molecule has 0 unspecified atom stereocenters. The fourth-order valence-corrected chi connectivity index (χ4v) is 4.16. The van der Waals surface area contributed by atoms with Crippen molar-refractivity contribution in [2.45, 2.75) is 117 Å². The van der Waals surface area contributed by atoms with Crippen molar-refractivity contribution in [2.75, 3.05) is 13.1 Å². The van der Waals surface area contributed by atoms with Crippen LogP contribution in [0.15, 0.2) is 0 Å². The van der Waals surface area contributed by atoms with Gasteiger partial charge in [0.1, 0.15) is 0 Å². The van der Waals surface area contributed by atoms with Crippen molar-refractivity contribution in [3.63, 3.8) is 0 Å². The standard InChI is InChI=1S/C22H40F8N2/c1-15(2,3)11-17(7,8)31-13-19(23,24)21(27,28)22(29,30)20(25,26)14-32-18(9,10)12-16(4,5)6/h31-32H,11-14H2,1-10H3. The van der Waals surface area contributed by atoms with E-state index in [9.17, 15) is 35.1 Å². The maximum Gasteiger partial charge on any atom is 0.379 e. The summed E-state index contributed by atoms with van der Waals surface area (Å²) < 4.78 is 114. The molecule has 0 bridgehead atoms. The summed E-state index contributed by atoms with van der Waals surface area (Å²) in [5, 5.41) is 4.29. The van der Waals surface area contributed by atoms with E-state index in [4.69, 9.17) is 0 Å². The highest BCUT2D eigenvalue weighted by Crippen LogP contribution is 2.52. The van der Waals surface area contributed by atoms with E-state index < -0.39 is 47.9 Å². The molecule has 0 aromatic carbocycles. The number of alkyl halides is 8. The van der Waals surface area contributed by atoms with E-state index in [1.54, 1.807) is 41.5 Å². The lowest BCUT2D eigenvalue weighted by Crippen LogP contribution is -2.67. The van der Waals surface area contributed by atoms with Crippen LogP contribution >= 0.6 is 0 Å². The van der Waals surface area contributed by atoms with Crippen LogP contribution in [0.1, 0.15) is 82.1 Å². The van der Waals surface area contributed by atoms with Crippen molar-refractivity contribution >= 4 is 0 Å². The van der Waals surface area contributed by atoms with E-state index in [1.165, 1.54) is 27.7 Å². The average molecular weight is 485 g/mol. The first-order valence-electron chi connectivity index (χ1n) is 10.6. The smallest absolute Gasteiger partial charge is 0.306 e. The van der Waals surface area contributed by atoms with Crippen LogP contribution in [0.25, 0.3) is 0 Å². The third-order valence-electron chi connectivity index (χ3n) is 4.84. The highest BCUT2D eigenvalue weighted by Gasteiger charge is 2.80. The summed E-state index contributed by atoms with van der Waals surface area (Å²) >= 11 is 0. The normalized spacial score (nSPS) is 15.9. The molecule has 0 saturated heterocycles. The zero-order chi connectivity index (χ0) is 26.2. The van der Waals surface area contributed by atoms with Gasteiger partial charge in [0.25, 0.3) is 0 Å². The molecular weight excluding hydrogens is 444 g/mol. The zero-order valence-electron chi connectivity index (χ0n) is 20.9. The molecule has 0 aliphatic rings. The maximum atomic E-state index is 14.2. The Morgan fingerprint density at radius 3 is 0.844 bits per heavy atom. The number of nitrogens with one attached hydrogen (secondary N) is 2. The van der Waals surface area contributed by atoms with Crippen LogP contribution in [0.2, 0.25) is 0 Å². The van der Waals surface area contributed by atoms with Gasteiger partial charge in [0.15, 0.2) is 0 Å². The van der Waals surface area contributed by atoms with Gasteiger partial charge in [0, 0.05) is 11.1 Å². The molecule has 2 nitrogen and oxygen atoms in total. The number of halogens is 8. The van der Waals surface area contributed by atoms with Gasteiger partial charge in [0.2, 0.25) is 0 Å². The van der Waals surface area contributed by atoms with Crippen LogP contribution in [0.3, 0.4) is 0 Å². The Morgan fingerprint density at radius 2 is 0.656 bits per heavy atom. The first-order chi connectivity index (χ1) is 13.6. The minimum atomic E-state index is -6.29. The van der Waals surface area contributed by atoms with E-state index in [-0.39, 0.29) is 23.7 Å². The topological polar surface area (TPSA) is 24.1 Å². The second-order valence-corrected chi connectivity index (χ2v) is 12.5. The molecule has 2 N–H and O–H groups in total. The lowest BCUT2D eigenvalue weighted by atomic mass is 9.81. The van der Waals surface area contributed by atoms with Gasteiger partial charge < -0.3 is 10.6 Å². The third kappa shape index (κ3) is 8.61. The van der Waals surface area contributed by atoms with Crippen molar-refractivity contribution in [2.24, 2.45) is 10.8 Å². The van der Waals surface area contributed by atoms with Crippen LogP contribution in [0.4, 0.5) is 35.1 Å². The fourth-order valence-electron chi connectivity index (χ4n) is 4.16. The lowest BCUT2D eigenvalue weighted by molar-refractivity contribution is -0.363. The van der Waals surface area contributed by atoms with E-state index in [2.05, 4.69) is 10.6 Å². The van der Waals surface area contributed by atoms with Crippen LogP contribution in [-0.4, -0.2) is 47.9 Å². The molecular formula is C22H40F8N2. The predicted octanol–water partition coefficient (Wildman–Crippen LogP) is 7.14. The minimum Gasteiger partial charge on any atom is -0.306 e. The Hall–Kier alpha value is -0.640. The molecule has 0 aliphatic heterocycles. The van der Waals surface area contributed by atoms with Crippen LogP contribution in [0, 0.1) is 10.8 Å². The fraction of sp³-hybridized carbons (Fsp3) is 1.00. The molecule has 0 atom stereocenters. The van der Waals surface area contributed by atoms with Gasteiger partial charge in [-0.2, -0.15) is 35.1 Å².